The zero-order chi connectivity index (χ0) is 10.2. The highest BCUT2D eigenvalue weighted by atomic mass is 14.5. The summed E-state index contributed by atoms with van der Waals surface area (Å²) in [6, 6.07) is 0. The number of rotatable bonds is 1. The minimum absolute atomic E-state index is 0.248. The number of allylic oxidation sites excluding steroid dienone is 3. The summed E-state index contributed by atoms with van der Waals surface area (Å²) in [7, 11) is 0. The van der Waals surface area contributed by atoms with Crippen LogP contribution in [0.2, 0.25) is 0 Å². The van der Waals surface area contributed by atoms with E-state index in [1.807, 2.05) is 0 Å². The molecule has 0 aromatic heterocycles. The lowest BCUT2D eigenvalue weighted by Crippen LogP contribution is -2.20. The van der Waals surface area contributed by atoms with Crippen molar-refractivity contribution in [2.24, 2.45) is 17.3 Å². The first-order chi connectivity index (χ1) is 5.93. The number of hydrogen-bond donors (Lipinski definition) is 0. The first-order valence-corrected chi connectivity index (χ1v) is 5.24. The predicted octanol–water partition coefficient (Wildman–Crippen LogP) is 4.19. The van der Waals surface area contributed by atoms with Gasteiger partial charge in [0.25, 0.3) is 0 Å². The van der Waals surface area contributed by atoms with E-state index in [1.54, 1.807) is 5.57 Å². The van der Waals surface area contributed by atoms with E-state index < -0.39 is 0 Å². The van der Waals surface area contributed by atoms with Crippen molar-refractivity contribution in [3.05, 3.63) is 23.8 Å². The molecular weight excluding hydrogens is 156 g/mol. The summed E-state index contributed by atoms with van der Waals surface area (Å²) < 4.78 is 0. The van der Waals surface area contributed by atoms with Crippen molar-refractivity contribution < 1.29 is 0 Å². The molecule has 1 aliphatic carbocycles. The third kappa shape index (κ3) is 1.47. The minimum Gasteiger partial charge on any atom is -0.102 e. The van der Waals surface area contributed by atoms with E-state index >= 15 is 0 Å². The molecule has 0 radical (unpaired) electrons. The van der Waals surface area contributed by atoms with Gasteiger partial charge in [-0.05, 0) is 32.1 Å². The number of hydrogen-bond acceptors (Lipinski definition) is 0. The molecule has 0 nitrogen and oxygen atoms in total. The van der Waals surface area contributed by atoms with E-state index in [4.69, 9.17) is 0 Å². The van der Waals surface area contributed by atoms with Gasteiger partial charge in [-0.15, -0.1) is 6.58 Å². The van der Waals surface area contributed by atoms with Gasteiger partial charge in [-0.25, -0.2) is 0 Å². The van der Waals surface area contributed by atoms with Gasteiger partial charge in [-0.3, -0.25) is 0 Å². The van der Waals surface area contributed by atoms with Gasteiger partial charge in [-0.1, -0.05) is 38.0 Å². The topological polar surface area (TPSA) is 0 Å². The fraction of sp³-hybridized carbons (Fsp3) is 0.692. The molecule has 1 rings (SSSR count). The maximum Gasteiger partial charge on any atom is 0.00906 e. The standard InChI is InChI=1S/C13H22/c1-7-13(6)11(5)10(4)8-12(13)9(2)3/h7,10-11H,1,8H2,2-6H3. The largest absolute Gasteiger partial charge is 0.102 e. The molecule has 0 amide bonds. The zero-order valence-electron chi connectivity index (χ0n) is 9.65. The van der Waals surface area contributed by atoms with Crippen molar-refractivity contribution in [2.75, 3.05) is 0 Å². The third-order valence-electron chi connectivity index (χ3n) is 4.00. The molecule has 0 aliphatic heterocycles. The molecule has 0 saturated heterocycles. The van der Waals surface area contributed by atoms with E-state index in [1.165, 1.54) is 12.0 Å². The van der Waals surface area contributed by atoms with Crippen LogP contribution in [-0.2, 0) is 0 Å². The molecule has 1 saturated carbocycles. The Balaban J connectivity index is 3.16. The Kier molecular flexibility index (Phi) is 2.70. The van der Waals surface area contributed by atoms with E-state index in [9.17, 15) is 0 Å². The maximum absolute atomic E-state index is 4.00. The Morgan fingerprint density at radius 2 is 2.00 bits per heavy atom. The van der Waals surface area contributed by atoms with E-state index in [-0.39, 0.29) is 5.41 Å². The Labute approximate surface area is 82.7 Å². The summed E-state index contributed by atoms with van der Waals surface area (Å²) in [5.41, 5.74) is 3.35. The molecule has 13 heavy (non-hydrogen) atoms. The quantitative estimate of drug-likeness (QED) is 0.528. The van der Waals surface area contributed by atoms with Crippen molar-refractivity contribution in [3.63, 3.8) is 0 Å². The molecule has 1 fully saturated rings. The molecule has 3 unspecified atom stereocenters. The Morgan fingerprint density at radius 1 is 1.46 bits per heavy atom. The summed E-state index contributed by atoms with van der Waals surface area (Å²) in [5.74, 6) is 1.53. The van der Waals surface area contributed by atoms with E-state index in [2.05, 4.69) is 47.3 Å². The molecule has 3 atom stereocenters. The summed E-state index contributed by atoms with van der Waals surface area (Å²) in [5, 5.41) is 0. The van der Waals surface area contributed by atoms with Gasteiger partial charge in [0, 0.05) is 5.41 Å². The van der Waals surface area contributed by atoms with Crippen LogP contribution < -0.4 is 0 Å². The summed E-state index contributed by atoms with van der Waals surface area (Å²) in [6.45, 7) is 15.5. The SMILES string of the molecule is C=CC1(C)C(=C(C)C)CC(C)C1C. The van der Waals surface area contributed by atoms with Gasteiger partial charge < -0.3 is 0 Å². The lowest BCUT2D eigenvalue weighted by atomic mass is 9.75. The van der Waals surface area contributed by atoms with Crippen molar-refractivity contribution >= 4 is 0 Å². The van der Waals surface area contributed by atoms with Crippen LogP contribution in [0, 0.1) is 17.3 Å². The fourth-order valence-corrected chi connectivity index (χ4v) is 2.64. The normalized spacial score (nSPS) is 39.3. The van der Waals surface area contributed by atoms with Gasteiger partial charge in [0.1, 0.15) is 0 Å². The summed E-state index contributed by atoms with van der Waals surface area (Å²) in [4.78, 5) is 0. The van der Waals surface area contributed by atoms with Crippen LogP contribution >= 0.6 is 0 Å². The fourth-order valence-electron chi connectivity index (χ4n) is 2.64. The van der Waals surface area contributed by atoms with Crippen LogP contribution in [0.3, 0.4) is 0 Å². The predicted molar refractivity (Wildman–Crippen MR) is 59.6 cm³/mol. The van der Waals surface area contributed by atoms with Gasteiger partial charge in [0.05, 0.1) is 0 Å². The molecule has 0 heterocycles. The highest BCUT2D eigenvalue weighted by Crippen LogP contribution is 2.52. The first kappa shape index (κ1) is 10.6. The van der Waals surface area contributed by atoms with Gasteiger partial charge in [0.15, 0.2) is 0 Å². The van der Waals surface area contributed by atoms with Gasteiger partial charge in [0.2, 0.25) is 0 Å². The lowest BCUT2D eigenvalue weighted by molar-refractivity contribution is 0.314. The van der Waals surface area contributed by atoms with Crippen LogP contribution in [-0.4, -0.2) is 0 Å². The third-order valence-corrected chi connectivity index (χ3v) is 4.00. The molecule has 0 heteroatoms. The van der Waals surface area contributed by atoms with E-state index in [0.29, 0.717) is 0 Å². The summed E-state index contributed by atoms with van der Waals surface area (Å²) >= 11 is 0. The molecule has 0 aromatic carbocycles. The highest BCUT2D eigenvalue weighted by molar-refractivity contribution is 5.30. The van der Waals surface area contributed by atoms with Crippen molar-refractivity contribution in [3.8, 4) is 0 Å². The summed E-state index contributed by atoms with van der Waals surface area (Å²) in [6.07, 6.45) is 3.40. The van der Waals surface area contributed by atoms with Crippen molar-refractivity contribution in [2.45, 2.75) is 41.0 Å². The molecule has 0 bridgehead atoms. The van der Waals surface area contributed by atoms with Crippen molar-refractivity contribution in [1.29, 1.82) is 0 Å². The second-order valence-corrected chi connectivity index (χ2v) is 4.94. The monoisotopic (exact) mass is 178 g/mol. The lowest BCUT2D eigenvalue weighted by Gasteiger charge is -2.29. The van der Waals surface area contributed by atoms with Crippen LogP contribution in [0.1, 0.15) is 41.0 Å². The van der Waals surface area contributed by atoms with Crippen molar-refractivity contribution in [1.82, 2.24) is 0 Å². The highest BCUT2D eigenvalue weighted by Gasteiger charge is 2.42. The Morgan fingerprint density at radius 3 is 2.31 bits per heavy atom. The average Bonchev–Trinajstić information content (AvgIpc) is 2.31. The Bertz CT molecular complexity index is 243. The molecule has 0 N–H and O–H groups in total. The molecule has 0 spiro atoms. The van der Waals surface area contributed by atoms with Gasteiger partial charge in [-0.2, -0.15) is 0 Å². The molecule has 0 aromatic rings. The average molecular weight is 178 g/mol. The molecule has 1 aliphatic rings. The van der Waals surface area contributed by atoms with Gasteiger partial charge >= 0.3 is 0 Å². The first-order valence-electron chi connectivity index (χ1n) is 5.24. The molecular formula is C13H22. The second-order valence-electron chi connectivity index (χ2n) is 4.94. The second kappa shape index (κ2) is 3.32. The van der Waals surface area contributed by atoms with E-state index in [0.717, 1.165) is 11.8 Å². The van der Waals surface area contributed by atoms with Crippen LogP contribution in [0.15, 0.2) is 23.8 Å². The smallest absolute Gasteiger partial charge is 0.00906 e. The maximum atomic E-state index is 4.00. The van der Waals surface area contributed by atoms with Crippen LogP contribution in [0.5, 0.6) is 0 Å². The zero-order valence-corrected chi connectivity index (χ0v) is 9.65. The Hall–Kier alpha value is -0.520. The molecule has 74 valence electrons. The minimum atomic E-state index is 0.248. The van der Waals surface area contributed by atoms with Crippen LogP contribution in [0.25, 0.3) is 0 Å². The van der Waals surface area contributed by atoms with Crippen LogP contribution in [0.4, 0.5) is 0 Å².